The Labute approximate surface area is 139 Å². The molecule has 0 fully saturated rings. The average molecular weight is 418 g/mol. The number of benzene rings is 2. The first-order valence-electron chi connectivity index (χ1n) is 5.98. The molecule has 5 heteroatoms. The van der Waals surface area contributed by atoms with Crippen LogP contribution in [0.4, 0.5) is 5.69 Å². The molecule has 0 bridgehead atoms. The van der Waals surface area contributed by atoms with Crippen molar-refractivity contribution < 1.29 is 4.79 Å². The third kappa shape index (κ3) is 3.84. The first-order chi connectivity index (χ1) is 9.47. The van der Waals surface area contributed by atoms with Gasteiger partial charge in [-0.25, -0.2) is 0 Å². The maximum absolute atomic E-state index is 12.3. The van der Waals surface area contributed by atoms with E-state index in [1.165, 1.54) is 0 Å². The van der Waals surface area contributed by atoms with Crippen LogP contribution in [0.1, 0.15) is 27.7 Å². The third-order valence-corrected chi connectivity index (χ3v) is 3.93. The van der Waals surface area contributed by atoms with Crippen LogP contribution < -0.4 is 5.32 Å². The van der Waals surface area contributed by atoms with Crippen molar-refractivity contribution >= 4 is 55.1 Å². The van der Waals surface area contributed by atoms with E-state index in [0.717, 1.165) is 15.7 Å². The fourth-order valence-electron chi connectivity index (χ4n) is 1.84. The molecule has 0 aliphatic heterocycles. The van der Waals surface area contributed by atoms with Gasteiger partial charge in [0.15, 0.2) is 0 Å². The van der Waals surface area contributed by atoms with Crippen LogP contribution in [0.5, 0.6) is 0 Å². The van der Waals surface area contributed by atoms with Crippen LogP contribution in [0.3, 0.4) is 0 Å². The molecule has 0 aromatic heterocycles. The number of carbonyl (C=O) groups excluding carboxylic acids is 1. The van der Waals surface area contributed by atoms with Gasteiger partial charge in [-0.05, 0) is 36.8 Å². The SMILES string of the molecule is CC(Br)c1ccccc1NC(=O)c1cc(Cl)cc(Br)c1. The maximum atomic E-state index is 12.3. The van der Waals surface area contributed by atoms with Gasteiger partial charge in [-0.3, -0.25) is 4.79 Å². The zero-order valence-electron chi connectivity index (χ0n) is 10.7. The maximum Gasteiger partial charge on any atom is 0.255 e. The molecule has 0 saturated heterocycles. The molecule has 0 saturated carbocycles. The molecule has 2 nitrogen and oxygen atoms in total. The van der Waals surface area contributed by atoms with Crippen molar-refractivity contribution in [3.05, 3.63) is 63.1 Å². The smallest absolute Gasteiger partial charge is 0.255 e. The molecule has 1 N–H and O–H groups in total. The molecule has 20 heavy (non-hydrogen) atoms. The van der Waals surface area contributed by atoms with Gasteiger partial charge in [-0.15, -0.1) is 0 Å². The largest absolute Gasteiger partial charge is 0.322 e. The van der Waals surface area contributed by atoms with E-state index in [9.17, 15) is 4.79 Å². The van der Waals surface area contributed by atoms with Crippen molar-refractivity contribution in [2.24, 2.45) is 0 Å². The quantitative estimate of drug-likeness (QED) is 0.627. The van der Waals surface area contributed by atoms with Crippen molar-refractivity contribution in [2.75, 3.05) is 5.32 Å². The van der Waals surface area contributed by atoms with Crippen molar-refractivity contribution in [1.82, 2.24) is 0 Å². The molecule has 0 radical (unpaired) electrons. The highest BCUT2D eigenvalue weighted by atomic mass is 79.9. The molecule has 2 aromatic rings. The molecule has 1 unspecified atom stereocenters. The fourth-order valence-corrected chi connectivity index (χ4v) is 3.10. The Balaban J connectivity index is 2.28. The molecule has 0 spiro atoms. The average Bonchev–Trinajstić information content (AvgIpc) is 2.37. The van der Waals surface area contributed by atoms with Gasteiger partial charge < -0.3 is 5.32 Å². The van der Waals surface area contributed by atoms with E-state index in [2.05, 4.69) is 37.2 Å². The summed E-state index contributed by atoms with van der Waals surface area (Å²) in [4.78, 5) is 12.4. The summed E-state index contributed by atoms with van der Waals surface area (Å²) in [5.41, 5.74) is 2.33. The summed E-state index contributed by atoms with van der Waals surface area (Å²) in [5.74, 6) is -0.186. The standard InChI is InChI=1S/C15H12Br2ClNO/c1-9(16)13-4-2-3-5-14(13)19-15(20)10-6-11(17)8-12(18)7-10/h2-9H,1H3,(H,19,20). The van der Waals surface area contributed by atoms with Crippen LogP contribution in [0.2, 0.25) is 5.02 Å². The van der Waals surface area contributed by atoms with Crippen molar-refractivity contribution in [3.63, 3.8) is 0 Å². The number of carbonyl (C=O) groups is 1. The normalized spacial score (nSPS) is 12.0. The molecule has 2 rings (SSSR count). The van der Waals surface area contributed by atoms with E-state index in [1.807, 2.05) is 31.2 Å². The number of para-hydroxylation sites is 1. The third-order valence-electron chi connectivity index (χ3n) is 2.76. The number of hydrogen-bond donors (Lipinski definition) is 1. The van der Waals surface area contributed by atoms with E-state index in [1.54, 1.807) is 18.2 Å². The van der Waals surface area contributed by atoms with Gasteiger partial charge in [-0.1, -0.05) is 61.7 Å². The topological polar surface area (TPSA) is 29.1 Å². The number of amides is 1. The van der Waals surface area contributed by atoms with E-state index in [4.69, 9.17) is 11.6 Å². The molecular weight excluding hydrogens is 405 g/mol. The van der Waals surface area contributed by atoms with Crippen LogP contribution in [0.25, 0.3) is 0 Å². The van der Waals surface area contributed by atoms with Gasteiger partial charge in [-0.2, -0.15) is 0 Å². The lowest BCUT2D eigenvalue weighted by Crippen LogP contribution is -2.13. The minimum atomic E-state index is -0.186. The van der Waals surface area contributed by atoms with Crippen LogP contribution in [0, 0.1) is 0 Å². The minimum absolute atomic E-state index is 0.157. The lowest BCUT2D eigenvalue weighted by molar-refractivity contribution is 0.102. The monoisotopic (exact) mass is 415 g/mol. The Bertz CT molecular complexity index is 623. The summed E-state index contributed by atoms with van der Waals surface area (Å²) in [6, 6.07) is 12.8. The Morgan fingerprint density at radius 3 is 2.60 bits per heavy atom. The first-order valence-corrected chi connectivity index (χ1v) is 8.06. The second kappa shape index (κ2) is 6.74. The number of halogens is 3. The highest BCUT2D eigenvalue weighted by Crippen LogP contribution is 2.29. The summed E-state index contributed by atoms with van der Waals surface area (Å²) in [6.45, 7) is 2.01. The molecular formula is C15H12Br2ClNO. The predicted molar refractivity (Wildman–Crippen MR) is 90.9 cm³/mol. The van der Waals surface area contributed by atoms with E-state index < -0.39 is 0 Å². The van der Waals surface area contributed by atoms with Crippen molar-refractivity contribution in [2.45, 2.75) is 11.8 Å². The van der Waals surface area contributed by atoms with Crippen LogP contribution >= 0.6 is 43.5 Å². The molecule has 1 amide bonds. The summed E-state index contributed by atoms with van der Waals surface area (Å²) >= 11 is 12.8. The van der Waals surface area contributed by atoms with Crippen LogP contribution in [0.15, 0.2) is 46.9 Å². The minimum Gasteiger partial charge on any atom is -0.322 e. The van der Waals surface area contributed by atoms with Crippen molar-refractivity contribution in [1.29, 1.82) is 0 Å². The van der Waals surface area contributed by atoms with E-state index >= 15 is 0 Å². The number of hydrogen-bond acceptors (Lipinski definition) is 1. The predicted octanol–water partition coefficient (Wildman–Crippen LogP) is 5.81. The molecule has 0 aliphatic carbocycles. The lowest BCUT2D eigenvalue weighted by atomic mass is 10.1. The summed E-state index contributed by atoms with van der Waals surface area (Å²) in [7, 11) is 0. The Morgan fingerprint density at radius 2 is 1.95 bits per heavy atom. The zero-order chi connectivity index (χ0) is 14.7. The van der Waals surface area contributed by atoms with Gasteiger partial charge in [0.2, 0.25) is 0 Å². The second-order valence-corrected chi connectivity index (χ2v) is 7.04. The number of rotatable bonds is 3. The molecule has 2 aromatic carbocycles. The highest BCUT2D eigenvalue weighted by molar-refractivity contribution is 9.10. The van der Waals surface area contributed by atoms with Crippen LogP contribution in [-0.2, 0) is 0 Å². The Kier molecular flexibility index (Phi) is 5.24. The number of alkyl halides is 1. The second-order valence-electron chi connectivity index (χ2n) is 4.32. The van der Waals surface area contributed by atoms with Gasteiger partial charge >= 0.3 is 0 Å². The van der Waals surface area contributed by atoms with Gasteiger partial charge in [0.1, 0.15) is 0 Å². The highest BCUT2D eigenvalue weighted by Gasteiger charge is 2.12. The Morgan fingerprint density at radius 1 is 1.25 bits per heavy atom. The van der Waals surface area contributed by atoms with Crippen molar-refractivity contribution in [3.8, 4) is 0 Å². The zero-order valence-corrected chi connectivity index (χ0v) is 14.6. The Hall–Kier alpha value is -0.840. The molecule has 104 valence electrons. The number of nitrogens with one attached hydrogen (secondary N) is 1. The summed E-state index contributed by atoms with van der Waals surface area (Å²) in [5, 5.41) is 3.43. The fraction of sp³-hybridized carbons (Fsp3) is 0.133. The molecule has 1 atom stereocenters. The molecule has 0 heterocycles. The van der Waals surface area contributed by atoms with Gasteiger partial charge in [0.25, 0.3) is 5.91 Å². The van der Waals surface area contributed by atoms with Gasteiger partial charge in [0, 0.05) is 25.6 Å². The van der Waals surface area contributed by atoms with Crippen LogP contribution in [-0.4, -0.2) is 5.91 Å². The summed E-state index contributed by atoms with van der Waals surface area (Å²) < 4.78 is 0.775. The van der Waals surface area contributed by atoms with Gasteiger partial charge in [0.05, 0.1) is 0 Å². The summed E-state index contributed by atoms with van der Waals surface area (Å²) in [6.07, 6.45) is 0. The van der Waals surface area contributed by atoms with E-state index in [0.29, 0.717) is 10.6 Å². The molecule has 0 aliphatic rings. The van der Waals surface area contributed by atoms with E-state index in [-0.39, 0.29) is 10.7 Å². The number of anilines is 1. The first kappa shape index (κ1) is 15.5. The lowest BCUT2D eigenvalue weighted by Gasteiger charge is -2.13.